The van der Waals surface area contributed by atoms with Gasteiger partial charge in [-0.3, -0.25) is 0 Å². The van der Waals surface area contributed by atoms with E-state index < -0.39 is 0 Å². The third-order valence-electron chi connectivity index (χ3n) is 3.18. The minimum absolute atomic E-state index is 0.173. The largest absolute Gasteiger partial charge is 0.361 e. The van der Waals surface area contributed by atoms with Crippen LogP contribution in [0.5, 0.6) is 0 Å². The SMILES string of the molecule is CC(C)(C)c1cc(C(C)(C)C)c(C(C)(C)C)[nH]1. The van der Waals surface area contributed by atoms with Crippen LogP contribution in [0.2, 0.25) is 0 Å². The highest BCUT2D eigenvalue weighted by Gasteiger charge is 2.29. The molecule has 0 aliphatic rings. The zero-order valence-electron chi connectivity index (χ0n) is 13.1. The summed E-state index contributed by atoms with van der Waals surface area (Å²) < 4.78 is 0. The number of nitrogens with one attached hydrogen (secondary N) is 1. The fourth-order valence-corrected chi connectivity index (χ4v) is 2.04. The molecule has 1 aromatic heterocycles. The Morgan fingerprint density at radius 2 is 1.18 bits per heavy atom. The lowest BCUT2D eigenvalue weighted by Crippen LogP contribution is -2.21. The minimum atomic E-state index is 0.173. The van der Waals surface area contributed by atoms with Crippen molar-refractivity contribution in [1.29, 1.82) is 0 Å². The van der Waals surface area contributed by atoms with Crippen LogP contribution in [0, 0.1) is 0 Å². The van der Waals surface area contributed by atoms with Gasteiger partial charge in [-0.05, 0) is 17.0 Å². The third-order valence-corrected chi connectivity index (χ3v) is 3.18. The lowest BCUT2D eigenvalue weighted by Gasteiger charge is -2.26. The maximum atomic E-state index is 3.67. The van der Waals surface area contributed by atoms with Gasteiger partial charge in [0.05, 0.1) is 0 Å². The molecule has 98 valence electrons. The molecule has 0 spiro atoms. The molecule has 0 radical (unpaired) electrons. The molecule has 0 saturated heterocycles. The number of aromatic nitrogens is 1. The standard InChI is InChI=1S/C16H29N/c1-14(2,3)11-10-12(15(4,5)6)17-13(11)16(7,8)9/h10,17H,1-9H3. The van der Waals surface area contributed by atoms with Gasteiger partial charge >= 0.3 is 0 Å². The van der Waals surface area contributed by atoms with Crippen LogP contribution in [-0.4, -0.2) is 4.98 Å². The number of rotatable bonds is 0. The van der Waals surface area contributed by atoms with Crippen molar-refractivity contribution in [3.05, 3.63) is 23.0 Å². The van der Waals surface area contributed by atoms with E-state index in [4.69, 9.17) is 0 Å². The highest BCUT2D eigenvalue weighted by atomic mass is 14.8. The Morgan fingerprint density at radius 3 is 1.41 bits per heavy atom. The van der Waals surface area contributed by atoms with Gasteiger partial charge in [0.25, 0.3) is 0 Å². The molecular formula is C16H29N. The molecule has 0 atom stereocenters. The maximum absolute atomic E-state index is 3.67. The van der Waals surface area contributed by atoms with Crippen LogP contribution in [0.4, 0.5) is 0 Å². The van der Waals surface area contributed by atoms with Crippen molar-refractivity contribution >= 4 is 0 Å². The molecule has 1 N–H and O–H groups in total. The number of aromatic amines is 1. The highest BCUT2D eigenvalue weighted by Crippen LogP contribution is 2.36. The van der Waals surface area contributed by atoms with Crippen molar-refractivity contribution in [3.8, 4) is 0 Å². The van der Waals surface area contributed by atoms with Gasteiger partial charge < -0.3 is 4.98 Å². The molecule has 1 heterocycles. The summed E-state index contributed by atoms with van der Waals surface area (Å²) in [6.07, 6.45) is 0. The summed E-state index contributed by atoms with van der Waals surface area (Å²) in [7, 11) is 0. The molecule has 17 heavy (non-hydrogen) atoms. The van der Waals surface area contributed by atoms with Gasteiger partial charge in [-0.15, -0.1) is 0 Å². The first-order chi connectivity index (χ1) is 7.33. The third kappa shape index (κ3) is 3.14. The molecule has 1 nitrogen and oxygen atoms in total. The second-order valence-corrected chi connectivity index (χ2v) is 8.22. The molecule has 0 aliphatic carbocycles. The maximum Gasteiger partial charge on any atom is 0.0241 e. The van der Waals surface area contributed by atoms with Crippen LogP contribution < -0.4 is 0 Å². The normalized spacial score (nSPS) is 14.2. The van der Waals surface area contributed by atoms with Gasteiger partial charge in [0.15, 0.2) is 0 Å². The number of H-pyrrole nitrogens is 1. The second kappa shape index (κ2) is 3.90. The van der Waals surface area contributed by atoms with E-state index in [0.29, 0.717) is 0 Å². The molecule has 1 aromatic rings. The van der Waals surface area contributed by atoms with Gasteiger partial charge in [0.1, 0.15) is 0 Å². The Morgan fingerprint density at radius 1 is 0.706 bits per heavy atom. The average Bonchev–Trinajstić information content (AvgIpc) is 2.42. The molecule has 0 unspecified atom stereocenters. The summed E-state index contributed by atoms with van der Waals surface area (Å²) in [4.78, 5) is 3.67. The number of hydrogen-bond donors (Lipinski definition) is 1. The lowest BCUT2D eigenvalue weighted by molar-refractivity contribution is 0.517. The van der Waals surface area contributed by atoms with Crippen LogP contribution >= 0.6 is 0 Å². The fraction of sp³-hybridized carbons (Fsp3) is 0.750. The van der Waals surface area contributed by atoms with E-state index in [1.54, 1.807) is 0 Å². The Bertz CT molecular complexity index is 357. The van der Waals surface area contributed by atoms with Crippen molar-refractivity contribution in [2.75, 3.05) is 0 Å². The molecule has 0 aromatic carbocycles. The minimum Gasteiger partial charge on any atom is -0.361 e. The Balaban J connectivity index is 3.44. The van der Waals surface area contributed by atoms with Crippen molar-refractivity contribution in [3.63, 3.8) is 0 Å². The predicted molar refractivity (Wildman–Crippen MR) is 76.9 cm³/mol. The first-order valence-electron chi connectivity index (χ1n) is 6.58. The van der Waals surface area contributed by atoms with Gasteiger partial charge in [0, 0.05) is 22.2 Å². The summed E-state index contributed by atoms with van der Waals surface area (Å²) in [5.74, 6) is 0. The highest BCUT2D eigenvalue weighted by molar-refractivity contribution is 5.38. The molecular weight excluding hydrogens is 206 g/mol. The Kier molecular flexibility index (Phi) is 3.29. The van der Waals surface area contributed by atoms with Crippen LogP contribution in [0.25, 0.3) is 0 Å². The number of hydrogen-bond acceptors (Lipinski definition) is 0. The zero-order valence-corrected chi connectivity index (χ0v) is 13.1. The van der Waals surface area contributed by atoms with Crippen molar-refractivity contribution in [2.45, 2.75) is 78.6 Å². The molecule has 0 aliphatic heterocycles. The van der Waals surface area contributed by atoms with E-state index in [0.717, 1.165) is 0 Å². The first kappa shape index (κ1) is 14.3. The van der Waals surface area contributed by atoms with Crippen LogP contribution in [0.1, 0.15) is 79.3 Å². The summed E-state index contributed by atoms with van der Waals surface area (Å²) in [5, 5.41) is 0. The fourth-order valence-electron chi connectivity index (χ4n) is 2.04. The van der Waals surface area contributed by atoms with Crippen LogP contribution in [0.3, 0.4) is 0 Å². The quantitative estimate of drug-likeness (QED) is 0.658. The van der Waals surface area contributed by atoms with Crippen molar-refractivity contribution in [1.82, 2.24) is 4.98 Å². The Labute approximate surface area is 107 Å². The topological polar surface area (TPSA) is 15.8 Å². The summed E-state index contributed by atoms with van der Waals surface area (Å²) in [5.41, 5.74) is 4.73. The van der Waals surface area contributed by atoms with Crippen LogP contribution in [0.15, 0.2) is 6.07 Å². The van der Waals surface area contributed by atoms with E-state index in [-0.39, 0.29) is 16.2 Å². The van der Waals surface area contributed by atoms with Crippen LogP contribution in [-0.2, 0) is 16.2 Å². The van der Waals surface area contributed by atoms with E-state index in [1.807, 2.05) is 0 Å². The lowest BCUT2D eigenvalue weighted by atomic mass is 9.79. The molecule has 1 heteroatoms. The molecule has 1 rings (SSSR count). The van der Waals surface area contributed by atoms with Crippen molar-refractivity contribution < 1.29 is 0 Å². The zero-order chi connectivity index (χ0) is 13.6. The van der Waals surface area contributed by atoms with Gasteiger partial charge in [-0.25, -0.2) is 0 Å². The van der Waals surface area contributed by atoms with E-state index in [1.165, 1.54) is 17.0 Å². The monoisotopic (exact) mass is 235 g/mol. The molecule has 0 bridgehead atoms. The van der Waals surface area contributed by atoms with E-state index in [9.17, 15) is 0 Å². The van der Waals surface area contributed by atoms with Gasteiger partial charge in [-0.1, -0.05) is 62.3 Å². The van der Waals surface area contributed by atoms with E-state index >= 15 is 0 Å². The summed E-state index contributed by atoms with van der Waals surface area (Å²) >= 11 is 0. The predicted octanol–water partition coefficient (Wildman–Crippen LogP) is 4.91. The summed E-state index contributed by atoms with van der Waals surface area (Å²) in [6, 6.07) is 2.36. The Hall–Kier alpha value is -0.720. The summed E-state index contributed by atoms with van der Waals surface area (Å²) in [6.45, 7) is 20.5. The second-order valence-electron chi connectivity index (χ2n) is 8.22. The van der Waals surface area contributed by atoms with Crippen molar-refractivity contribution in [2.24, 2.45) is 0 Å². The first-order valence-corrected chi connectivity index (χ1v) is 6.58. The smallest absolute Gasteiger partial charge is 0.0241 e. The molecule has 0 amide bonds. The van der Waals surface area contributed by atoms with E-state index in [2.05, 4.69) is 73.4 Å². The van der Waals surface area contributed by atoms with Gasteiger partial charge in [0.2, 0.25) is 0 Å². The average molecular weight is 235 g/mol. The van der Waals surface area contributed by atoms with Gasteiger partial charge in [-0.2, -0.15) is 0 Å². The molecule has 0 fully saturated rings. The molecule has 0 saturated carbocycles.